The van der Waals surface area contributed by atoms with Crippen molar-refractivity contribution in [1.29, 1.82) is 0 Å². The molecule has 0 saturated heterocycles. The molecule has 24 heavy (non-hydrogen) atoms. The summed E-state index contributed by atoms with van der Waals surface area (Å²) >= 11 is 5.93. The molecule has 0 amide bonds. The van der Waals surface area contributed by atoms with Gasteiger partial charge >= 0.3 is 5.97 Å². The van der Waals surface area contributed by atoms with Crippen LogP contribution in [0.4, 0.5) is 4.39 Å². The summed E-state index contributed by atoms with van der Waals surface area (Å²) in [7, 11) is 1.55. The van der Waals surface area contributed by atoms with E-state index in [9.17, 15) is 9.18 Å². The molecule has 0 spiro atoms. The van der Waals surface area contributed by atoms with Gasteiger partial charge in [0.25, 0.3) is 0 Å². The highest BCUT2D eigenvalue weighted by Gasteiger charge is 2.06. The molecule has 2 rings (SSSR count). The Bertz CT molecular complexity index is 808. The number of hydrogen-bond donors (Lipinski definition) is 1. The molecule has 0 fully saturated rings. The Morgan fingerprint density at radius 3 is 2.67 bits per heavy atom. The van der Waals surface area contributed by atoms with E-state index in [-0.39, 0.29) is 11.3 Å². The summed E-state index contributed by atoms with van der Waals surface area (Å²) in [6.45, 7) is -0.160. The van der Waals surface area contributed by atoms with Gasteiger partial charge in [0.1, 0.15) is 11.6 Å². The van der Waals surface area contributed by atoms with E-state index in [0.717, 1.165) is 5.56 Å². The van der Waals surface area contributed by atoms with Crippen LogP contribution in [0.15, 0.2) is 36.4 Å². The minimum absolute atomic E-state index is 0.203. The number of rotatable bonds is 5. The smallest absolute Gasteiger partial charge is 0.341 e. The molecule has 0 aliphatic rings. The Hall–Kier alpha value is -2.55. The van der Waals surface area contributed by atoms with E-state index in [0.29, 0.717) is 17.2 Å². The van der Waals surface area contributed by atoms with Gasteiger partial charge in [0.15, 0.2) is 6.61 Å². The number of carbonyl (C=O) groups is 1. The zero-order chi connectivity index (χ0) is 17.5. The molecule has 0 aromatic heterocycles. The molecular weight excluding hydrogens is 335 g/mol. The van der Waals surface area contributed by atoms with Crippen molar-refractivity contribution >= 4 is 17.6 Å². The summed E-state index contributed by atoms with van der Waals surface area (Å²) in [5.74, 6) is 4.18. The van der Waals surface area contributed by atoms with Gasteiger partial charge in [-0.05, 0) is 35.9 Å². The van der Waals surface area contributed by atoms with E-state index in [1.165, 1.54) is 18.2 Å². The highest BCUT2D eigenvalue weighted by atomic mass is 35.5. The van der Waals surface area contributed by atoms with E-state index in [1.807, 2.05) is 0 Å². The van der Waals surface area contributed by atoms with Crippen molar-refractivity contribution in [3.05, 3.63) is 63.9 Å². The average molecular weight is 349 g/mol. The number of carboxylic acids is 1. The first kappa shape index (κ1) is 17.8. The van der Waals surface area contributed by atoms with Crippen LogP contribution >= 0.6 is 11.6 Å². The lowest BCUT2D eigenvalue weighted by molar-refractivity contribution is -0.139. The monoisotopic (exact) mass is 348 g/mol. The number of aliphatic carboxylic acids is 1. The molecule has 0 bridgehead atoms. The molecule has 0 atom stereocenters. The van der Waals surface area contributed by atoms with Crippen LogP contribution in [0.3, 0.4) is 0 Å². The predicted molar refractivity (Wildman–Crippen MR) is 87.7 cm³/mol. The van der Waals surface area contributed by atoms with Crippen molar-refractivity contribution < 1.29 is 23.8 Å². The lowest BCUT2D eigenvalue weighted by Crippen LogP contribution is -2.10. The van der Waals surface area contributed by atoms with Crippen molar-refractivity contribution in [2.24, 2.45) is 0 Å². The molecule has 4 nitrogen and oxygen atoms in total. The normalized spacial score (nSPS) is 9.96. The van der Waals surface area contributed by atoms with Gasteiger partial charge in [-0.1, -0.05) is 29.5 Å². The molecule has 0 heterocycles. The average Bonchev–Trinajstić information content (AvgIpc) is 2.54. The Morgan fingerprint density at radius 2 is 1.96 bits per heavy atom. The molecule has 2 aromatic carbocycles. The van der Waals surface area contributed by atoms with E-state index >= 15 is 0 Å². The number of halogens is 2. The van der Waals surface area contributed by atoms with E-state index < -0.39 is 18.4 Å². The summed E-state index contributed by atoms with van der Waals surface area (Å²) in [6.07, 6.45) is 0. The van der Waals surface area contributed by atoms with Crippen LogP contribution in [0, 0.1) is 17.7 Å². The predicted octanol–water partition coefficient (Wildman–Crippen LogP) is 3.49. The maximum absolute atomic E-state index is 13.9. The molecule has 124 valence electrons. The van der Waals surface area contributed by atoms with Crippen LogP contribution in [0.5, 0.6) is 5.75 Å². The maximum atomic E-state index is 13.9. The third-order valence-electron chi connectivity index (χ3n) is 2.97. The molecule has 1 N–H and O–H groups in total. The van der Waals surface area contributed by atoms with Gasteiger partial charge in [-0.15, -0.1) is 0 Å². The molecule has 0 unspecified atom stereocenters. The van der Waals surface area contributed by atoms with Gasteiger partial charge in [0.2, 0.25) is 0 Å². The zero-order valence-corrected chi connectivity index (χ0v) is 13.6. The third kappa shape index (κ3) is 4.98. The van der Waals surface area contributed by atoms with Gasteiger partial charge in [0.05, 0.1) is 17.7 Å². The van der Waals surface area contributed by atoms with Crippen molar-refractivity contribution in [1.82, 2.24) is 0 Å². The van der Waals surface area contributed by atoms with Gasteiger partial charge in [-0.25, -0.2) is 9.18 Å². The number of benzene rings is 2. The van der Waals surface area contributed by atoms with Crippen molar-refractivity contribution in [2.45, 2.75) is 6.61 Å². The van der Waals surface area contributed by atoms with Gasteiger partial charge in [0, 0.05) is 12.1 Å². The molecule has 2 aromatic rings. The second-order valence-electron chi connectivity index (χ2n) is 4.82. The van der Waals surface area contributed by atoms with Crippen LogP contribution in [0.25, 0.3) is 0 Å². The maximum Gasteiger partial charge on any atom is 0.341 e. The number of carboxylic acid groups (broad SMARTS) is 1. The molecule has 0 aliphatic carbocycles. The van der Waals surface area contributed by atoms with E-state index in [4.69, 9.17) is 26.2 Å². The van der Waals surface area contributed by atoms with Crippen LogP contribution in [0.1, 0.15) is 16.7 Å². The fourth-order valence-corrected chi connectivity index (χ4v) is 2.10. The topological polar surface area (TPSA) is 55.8 Å². The molecule has 0 saturated carbocycles. The minimum atomic E-state index is -1.11. The minimum Gasteiger partial charge on any atom is -0.481 e. The van der Waals surface area contributed by atoms with E-state index in [1.54, 1.807) is 25.3 Å². The summed E-state index contributed by atoms with van der Waals surface area (Å²) in [5, 5.41) is 9.11. The SMILES string of the molecule is COCc1ccc(F)c(C#Cc2cc(Cl)ccc2OCC(=O)O)c1. The molecule has 0 aliphatic heterocycles. The number of hydrogen-bond acceptors (Lipinski definition) is 3. The lowest BCUT2D eigenvalue weighted by atomic mass is 10.1. The first-order valence-corrected chi connectivity index (χ1v) is 7.31. The second kappa shape index (κ2) is 8.34. The lowest BCUT2D eigenvalue weighted by Gasteiger charge is -2.06. The Kier molecular flexibility index (Phi) is 6.19. The molecular formula is C18H14ClFO4. The third-order valence-corrected chi connectivity index (χ3v) is 3.20. The second-order valence-corrected chi connectivity index (χ2v) is 5.26. The largest absolute Gasteiger partial charge is 0.481 e. The number of methoxy groups -OCH3 is 1. The fourth-order valence-electron chi connectivity index (χ4n) is 1.92. The van der Waals surface area contributed by atoms with Gasteiger partial charge in [-0.3, -0.25) is 0 Å². The van der Waals surface area contributed by atoms with E-state index in [2.05, 4.69) is 11.8 Å². The number of ether oxygens (including phenoxy) is 2. The van der Waals surface area contributed by atoms with Crippen LogP contribution < -0.4 is 4.74 Å². The van der Waals surface area contributed by atoms with Gasteiger partial charge < -0.3 is 14.6 Å². The summed E-state index contributed by atoms with van der Waals surface area (Å²) in [4.78, 5) is 10.6. The Labute approximate surface area is 143 Å². The van der Waals surface area contributed by atoms with Crippen molar-refractivity contribution in [3.63, 3.8) is 0 Å². The Morgan fingerprint density at radius 1 is 1.21 bits per heavy atom. The van der Waals surface area contributed by atoms with Crippen molar-refractivity contribution in [2.75, 3.05) is 13.7 Å². The first-order valence-electron chi connectivity index (χ1n) is 6.93. The standard InChI is InChI=1S/C18H14ClFO4/c1-23-10-12-2-6-16(20)13(8-12)3-4-14-9-15(19)5-7-17(14)24-11-18(21)22/h2,5-9H,10-11H2,1H3,(H,21,22). The van der Waals surface area contributed by atoms with Crippen LogP contribution in [-0.4, -0.2) is 24.8 Å². The fraction of sp³-hybridized carbons (Fsp3) is 0.167. The van der Waals surface area contributed by atoms with Gasteiger partial charge in [-0.2, -0.15) is 0 Å². The van der Waals surface area contributed by atoms with Crippen LogP contribution in [-0.2, 0) is 16.1 Å². The summed E-state index contributed by atoms with van der Waals surface area (Å²) in [6, 6.07) is 9.14. The first-order chi connectivity index (χ1) is 11.5. The van der Waals surface area contributed by atoms with Crippen LogP contribution in [0.2, 0.25) is 5.02 Å². The zero-order valence-electron chi connectivity index (χ0n) is 12.8. The Balaban J connectivity index is 2.34. The highest BCUT2D eigenvalue weighted by Crippen LogP contribution is 2.22. The molecule has 0 radical (unpaired) electrons. The quantitative estimate of drug-likeness (QED) is 0.840. The summed E-state index contributed by atoms with van der Waals surface area (Å²) < 4.78 is 24.0. The molecule has 6 heteroatoms. The van der Waals surface area contributed by atoms with Crippen molar-refractivity contribution in [3.8, 4) is 17.6 Å². The summed E-state index contributed by atoms with van der Waals surface area (Å²) in [5.41, 5.74) is 1.37. The highest BCUT2D eigenvalue weighted by molar-refractivity contribution is 6.30.